The van der Waals surface area contributed by atoms with Gasteiger partial charge in [-0.05, 0) is 43.5 Å². The minimum absolute atomic E-state index is 0. The number of carbonyl (C=O) groups excluding carboxylic acids is 1. The van der Waals surface area contributed by atoms with Crippen molar-refractivity contribution in [3.63, 3.8) is 0 Å². The van der Waals surface area contributed by atoms with Crippen LogP contribution in [0.4, 0.5) is 5.69 Å². The Morgan fingerprint density at radius 2 is 2.00 bits per heavy atom. The molecular formula is C14H17Cl2N3O. The number of fused-ring (bicyclic) bond motifs is 1. The van der Waals surface area contributed by atoms with Gasteiger partial charge < -0.3 is 11.1 Å². The van der Waals surface area contributed by atoms with Gasteiger partial charge in [0.15, 0.2) is 0 Å². The molecule has 3 rings (SSSR count). The third kappa shape index (κ3) is 2.87. The molecule has 0 aliphatic heterocycles. The summed E-state index contributed by atoms with van der Waals surface area (Å²) in [5.41, 5.74) is 8.02. The van der Waals surface area contributed by atoms with Crippen molar-refractivity contribution in [2.75, 3.05) is 5.32 Å². The maximum Gasteiger partial charge on any atom is 0.244 e. The second-order valence-corrected chi connectivity index (χ2v) is 4.94. The predicted molar refractivity (Wildman–Crippen MR) is 85.8 cm³/mol. The van der Waals surface area contributed by atoms with E-state index in [4.69, 9.17) is 5.73 Å². The highest BCUT2D eigenvalue weighted by molar-refractivity contribution is 6.06. The molecule has 1 aromatic carbocycles. The summed E-state index contributed by atoms with van der Waals surface area (Å²) in [4.78, 5) is 16.3. The van der Waals surface area contributed by atoms with Crippen LogP contribution in [0.15, 0.2) is 30.5 Å². The van der Waals surface area contributed by atoms with Gasteiger partial charge in [0.25, 0.3) is 0 Å². The van der Waals surface area contributed by atoms with Crippen LogP contribution in [-0.4, -0.2) is 16.4 Å². The molecule has 6 heteroatoms. The molecule has 1 fully saturated rings. The number of rotatable bonds is 2. The lowest BCUT2D eigenvalue weighted by Gasteiger charge is -2.12. The molecule has 20 heavy (non-hydrogen) atoms. The number of pyridine rings is 1. The third-order valence-corrected chi connectivity index (χ3v) is 3.46. The van der Waals surface area contributed by atoms with Gasteiger partial charge in [-0.3, -0.25) is 9.78 Å². The van der Waals surface area contributed by atoms with Gasteiger partial charge in [0, 0.05) is 11.6 Å². The van der Waals surface area contributed by atoms with Gasteiger partial charge in [0.2, 0.25) is 5.91 Å². The molecule has 3 N–H and O–H groups in total. The van der Waals surface area contributed by atoms with Crippen molar-refractivity contribution in [1.82, 2.24) is 4.98 Å². The number of nitrogens with one attached hydrogen (secondary N) is 1. The summed E-state index contributed by atoms with van der Waals surface area (Å²) in [5, 5.41) is 3.86. The van der Waals surface area contributed by atoms with Gasteiger partial charge in [-0.1, -0.05) is 6.07 Å². The van der Waals surface area contributed by atoms with Gasteiger partial charge in [0.1, 0.15) is 0 Å². The topological polar surface area (TPSA) is 68.0 Å². The summed E-state index contributed by atoms with van der Waals surface area (Å²) in [5.74, 6) is -0.100. The molecule has 1 aromatic heterocycles. The Balaban J connectivity index is 0.000001000. The zero-order chi connectivity index (χ0) is 12.8. The molecule has 0 radical (unpaired) electrons. The van der Waals surface area contributed by atoms with Gasteiger partial charge in [-0.2, -0.15) is 0 Å². The van der Waals surface area contributed by atoms with E-state index in [1.165, 1.54) is 0 Å². The number of amides is 1. The van der Waals surface area contributed by atoms with E-state index in [1.807, 2.05) is 31.2 Å². The van der Waals surface area contributed by atoms with Crippen LogP contribution in [-0.2, 0) is 4.79 Å². The summed E-state index contributed by atoms with van der Waals surface area (Å²) >= 11 is 0. The minimum atomic E-state index is -0.653. The predicted octanol–water partition coefficient (Wildman–Crippen LogP) is 2.82. The Morgan fingerprint density at radius 1 is 1.30 bits per heavy atom. The van der Waals surface area contributed by atoms with Crippen LogP contribution in [0.25, 0.3) is 10.9 Å². The van der Waals surface area contributed by atoms with Gasteiger partial charge >= 0.3 is 0 Å². The molecule has 1 aliphatic carbocycles. The number of aryl methyl sites for hydroxylation is 1. The fourth-order valence-corrected chi connectivity index (χ4v) is 2.03. The molecule has 2 aromatic rings. The van der Waals surface area contributed by atoms with Crippen LogP contribution in [0.5, 0.6) is 0 Å². The minimum Gasteiger partial charge on any atom is -0.324 e. The third-order valence-electron chi connectivity index (χ3n) is 3.46. The van der Waals surface area contributed by atoms with E-state index in [-0.39, 0.29) is 30.7 Å². The average molecular weight is 314 g/mol. The molecule has 0 unspecified atom stereocenters. The fourth-order valence-electron chi connectivity index (χ4n) is 2.03. The number of aromatic nitrogens is 1. The van der Waals surface area contributed by atoms with Crippen molar-refractivity contribution in [2.24, 2.45) is 5.73 Å². The standard InChI is InChI=1S/C14H15N3O.2ClH/c1-9-4-5-11(10-3-2-8-16-12(9)10)17-13(18)14(15)6-7-14;;/h2-5,8H,6-7,15H2,1H3,(H,17,18);2*1H. The van der Waals surface area contributed by atoms with E-state index >= 15 is 0 Å². The molecule has 1 saturated carbocycles. The Kier molecular flexibility index (Phi) is 4.97. The molecule has 4 nitrogen and oxygen atoms in total. The number of hydrogen-bond donors (Lipinski definition) is 2. The zero-order valence-corrected chi connectivity index (χ0v) is 12.7. The number of benzene rings is 1. The summed E-state index contributed by atoms with van der Waals surface area (Å²) in [6, 6.07) is 7.69. The number of nitrogens with two attached hydrogens (primary N) is 1. The van der Waals surface area contributed by atoms with Crippen LogP contribution >= 0.6 is 24.8 Å². The molecule has 1 aliphatic rings. The van der Waals surface area contributed by atoms with Gasteiger partial charge in [-0.15, -0.1) is 24.8 Å². The second kappa shape index (κ2) is 5.95. The first kappa shape index (κ1) is 16.7. The SMILES string of the molecule is Cc1ccc(NC(=O)C2(N)CC2)c2cccnc12.Cl.Cl. The summed E-state index contributed by atoms with van der Waals surface area (Å²) in [6.07, 6.45) is 3.29. The molecule has 0 bridgehead atoms. The highest BCUT2D eigenvalue weighted by Crippen LogP contribution is 2.34. The molecule has 0 saturated heterocycles. The molecule has 0 spiro atoms. The average Bonchev–Trinajstić information content (AvgIpc) is 3.13. The van der Waals surface area contributed by atoms with E-state index in [2.05, 4.69) is 10.3 Å². The van der Waals surface area contributed by atoms with Crippen LogP contribution < -0.4 is 11.1 Å². The van der Waals surface area contributed by atoms with Crippen LogP contribution in [0, 0.1) is 6.92 Å². The lowest BCUT2D eigenvalue weighted by Crippen LogP contribution is -2.37. The van der Waals surface area contributed by atoms with Gasteiger partial charge in [0.05, 0.1) is 16.7 Å². The van der Waals surface area contributed by atoms with Crippen LogP contribution in [0.2, 0.25) is 0 Å². The summed E-state index contributed by atoms with van der Waals surface area (Å²) in [6.45, 7) is 2.01. The number of carbonyl (C=O) groups is 1. The monoisotopic (exact) mass is 313 g/mol. The van der Waals surface area contributed by atoms with E-state index in [0.717, 1.165) is 35.0 Å². The Morgan fingerprint density at radius 3 is 2.65 bits per heavy atom. The molecule has 0 atom stereocenters. The highest BCUT2D eigenvalue weighted by Gasteiger charge is 2.46. The van der Waals surface area contributed by atoms with Crippen molar-refractivity contribution in [3.8, 4) is 0 Å². The van der Waals surface area contributed by atoms with E-state index in [9.17, 15) is 4.79 Å². The van der Waals surface area contributed by atoms with Crippen molar-refractivity contribution in [2.45, 2.75) is 25.3 Å². The van der Waals surface area contributed by atoms with Gasteiger partial charge in [-0.25, -0.2) is 0 Å². The van der Waals surface area contributed by atoms with Crippen molar-refractivity contribution >= 4 is 47.3 Å². The lowest BCUT2D eigenvalue weighted by atomic mass is 10.1. The largest absolute Gasteiger partial charge is 0.324 e. The zero-order valence-electron chi connectivity index (χ0n) is 11.1. The van der Waals surface area contributed by atoms with Crippen LogP contribution in [0.1, 0.15) is 18.4 Å². The summed E-state index contributed by atoms with van der Waals surface area (Å²) < 4.78 is 0. The lowest BCUT2D eigenvalue weighted by molar-refractivity contribution is -0.118. The Bertz CT molecular complexity index is 641. The maximum atomic E-state index is 12.0. The number of anilines is 1. The molecule has 1 heterocycles. The first-order valence-corrected chi connectivity index (χ1v) is 6.05. The van der Waals surface area contributed by atoms with E-state index in [0.29, 0.717) is 0 Å². The molecular weight excluding hydrogens is 297 g/mol. The maximum absolute atomic E-state index is 12.0. The highest BCUT2D eigenvalue weighted by atomic mass is 35.5. The van der Waals surface area contributed by atoms with E-state index in [1.54, 1.807) is 6.20 Å². The number of nitrogens with zero attached hydrogens (tertiary/aromatic N) is 1. The number of hydrogen-bond acceptors (Lipinski definition) is 3. The quantitative estimate of drug-likeness (QED) is 0.895. The smallest absolute Gasteiger partial charge is 0.244 e. The van der Waals surface area contributed by atoms with Crippen molar-refractivity contribution in [1.29, 1.82) is 0 Å². The van der Waals surface area contributed by atoms with E-state index < -0.39 is 5.54 Å². The normalized spacial score (nSPS) is 14.9. The Labute approximate surface area is 130 Å². The number of halogens is 2. The van der Waals surface area contributed by atoms with Crippen molar-refractivity contribution in [3.05, 3.63) is 36.0 Å². The second-order valence-electron chi connectivity index (χ2n) is 4.94. The van der Waals surface area contributed by atoms with Crippen molar-refractivity contribution < 1.29 is 4.79 Å². The molecule has 108 valence electrons. The Hall–Kier alpha value is -1.36. The first-order valence-electron chi connectivity index (χ1n) is 6.05. The first-order chi connectivity index (χ1) is 8.60. The van der Waals surface area contributed by atoms with Crippen LogP contribution in [0.3, 0.4) is 0 Å². The fraction of sp³-hybridized carbons (Fsp3) is 0.286. The molecule has 1 amide bonds. The summed E-state index contributed by atoms with van der Waals surface area (Å²) in [7, 11) is 0.